The van der Waals surface area contributed by atoms with Gasteiger partial charge < -0.3 is 14.8 Å². The van der Waals surface area contributed by atoms with E-state index >= 15 is 0 Å². The van der Waals surface area contributed by atoms with E-state index in [0.717, 1.165) is 24.1 Å². The highest BCUT2D eigenvalue weighted by Crippen LogP contribution is 2.30. The van der Waals surface area contributed by atoms with Gasteiger partial charge in [-0.05, 0) is 30.0 Å². The van der Waals surface area contributed by atoms with Gasteiger partial charge in [-0.3, -0.25) is 9.59 Å². The third-order valence-corrected chi connectivity index (χ3v) is 5.28. The number of hydrogen-bond acceptors (Lipinski definition) is 3. The maximum absolute atomic E-state index is 13.3. The van der Waals surface area contributed by atoms with Gasteiger partial charge in [-0.15, -0.1) is 0 Å². The number of carbonyl (C=O) groups excluding carboxylic acids is 2. The summed E-state index contributed by atoms with van der Waals surface area (Å²) in [6.07, 6.45) is 6.65. The van der Waals surface area contributed by atoms with E-state index in [1.165, 1.54) is 5.56 Å². The van der Waals surface area contributed by atoms with Crippen LogP contribution in [0.2, 0.25) is 0 Å². The summed E-state index contributed by atoms with van der Waals surface area (Å²) in [5.41, 5.74) is 3.27. The summed E-state index contributed by atoms with van der Waals surface area (Å²) in [5.74, 6) is -0.216. The van der Waals surface area contributed by atoms with Crippen molar-refractivity contribution in [1.82, 2.24) is 14.9 Å². The van der Waals surface area contributed by atoms with E-state index in [-0.39, 0.29) is 18.2 Å². The van der Waals surface area contributed by atoms with Crippen molar-refractivity contribution in [2.75, 3.05) is 18.0 Å². The highest BCUT2D eigenvalue weighted by Gasteiger charge is 2.32. The standard InChI is InChI=1S/C23H24N4O2/c28-22(25-12-10-18-6-2-1-3-7-18)16-21(26-15-13-24-17-26)23(29)27-14-11-19-8-4-5-9-20(19)27/h1-9,13,15,17,21H,10-12,14,16H2,(H,25,28). The summed E-state index contributed by atoms with van der Waals surface area (Å²) in [6.45, 7) is 1.18. The number of amides is 2. The molecule has 0 spiro atoms. The van der Waals surface area contributed by atoms with Crippen molar-refractivity contribution in [3.05, 3.63) is 84.4 Å². The highest BCUT2D eigenvalue weighted by atomic mass is 16.2. The molecule has 3 aromatic rings. The number of para-hydroxylation sites is 1. The van der Waals surface area contributed by atoms with Crippen molar-refractivity contribution in [3.8, 4) is 0 Å². The van der Waals surface area contributed by atoms with Crippen molar-refractivity contribution >= 4 is 17.5 Å². The fraction of sp³-hybridized carbons (Fsp3) is 0.261. The lowest BCUT2D eigenvalue weighted by Gasteiger charge is -2.24. The molecule has 29 heavy (non-hydrogen) atoms. The molecule has 0 fully saturated rings. The number of rotatable bonds is 7. The first-order valence-corrected chi connectivity index (χ1v) is 9.90. The minimum Gasteiger partial charge on any atom is -0.356 e. The zero-order valence-electron chi connectivity index (χ0n) is 16.2. The van der Waals surface area contributed by atoms with E-state index in [0.29, 0.717) is 13.1 Å². The number of fused-ring (bicyclic) bond motifs is 1. The first-order valence-electron chi connectivity index (χ1n) is 9.90. The van der Waals surface area contributed by atoms with Gasteiger partial charge in [0.25, 0.3) is 5.91 Å². The van der Waals surface area contributed by atoms with E-state index in [1.807, 2.05) is 54.6 Å². The Morgan fingerprint density at radius 3 is 2.66 bits per heavy atom. The number of benzene rings is 2. The van der Waals surface area contributed by atoms with Crippen LogP contribution in [0.25, 0.3) is 0 Å². The van der Waals surface area contributed by atoms with E-state index in [2.05, 4.69) is 10.3 Å². The number of nitrogens with one attached hydrogen (secondary N) is 1. The van der Waals surface area contributed by atoms with Gasteiger partial charge in [0.1, 0.15) is 6.04 Å². The normalized spacial score (nSPS) is 13.7. The molecule has 2 amide bonds. The second kappa shape index (κ2) is 8.73. The van der Waals surface area contributed by atoms with Gasteiger partial charge in [0.2, 0.25) is 5.91 Å². The van der Waals surface area contributed by atoms with Gasteiger partial charge in [0.05, 0.1) is 12.7 Å². The van der Waals surface area contributed by atoms with Crippen molar-refractivity contribution in [3.63, 3.8) is 0 Å². The molecule has 0 saturated carbocycles. The van der Waals surface area contributed by atoms with Gasteiger partial charge in [-0.25, -0.2) is 4.98 Å². The molecule has 0 saturated heterocycles. The summed E-state index contributed by atoms with van der Waals surface area (Å²) in [4.78, 5) is 31.8. The number of anilines is 1. The quantitative estimate of drug-likeness (QED) is 0.677. The van der Waals surface area contributed by atoms with E-state index < -0.39 is 6.04 Å². The summed E-state index contributed by atoms with van der Waals surface area (Å²) >= 11 is 0. The Morgan fingerprint density at radius 1 is 1.07 bits per heavy atom. The van der Waals surface area contributed by atoms with Crippen LogP contribution in [0.4, 0.5) is 5.69 Å². The molecule has 1 N–H and O–H groups in total. The topological polar surface area (TPSA) is 67.2 Å². The Kier molecular flexibility index (Phi) is 5.70. The zero-order chi connectivity index (χ0) is 20.1. The number of imidazole rings is 1. The lowest BCUT2D eigenvalue weighted by Crippen LogP contribution is -2.39. The fourth-order valence-corrected chi connectivity index (χ4v) is 3.76. The van der Waals surface area contributed by atoms with Crippen LogP contribution in [0.5, 0.6) is 0 Å². The largest absolute Gasteiger partial charge is 0.356 e. The molecule has 2 heterocycles. The minimum atomic E-state index is -0.611. The lowest BCUT2D eigenvalue weighted by molar-refractivity contribution is -0.128. The monoisotopic (exact) mass is 388 g/mol. The van der Waals surface area contributed by atoms with Gasteiger partial charge in [-0.2, -0.15) is 0 Å². The van der Waals surface area contributed by atoms with Crippen molar-refractivity contribution in [1.29, 1.82) is 0 Å². The van der Waals surface area contributed by atoms with Crippen LogP contribution in [-0.2, 0) is 22.4 Å². The van der Waals surface area contributed by atoms with Crippen LogP contribution >= 0.6 is 0 Å². The Morgan fingerprint density at radius 2 is 1.86 bits per heavy atom. The molecule has 4 rings (SSSR count). The van der Waals surface area contributed by atoms with Crippen LogP contribution in [0.3, 0.4) is 0 Å². The van der Waals surface area contributed by atoms with Crippen molar-refractivity contribution in [2.24, 2.45) is 0 Å². The molecule has 1 aliphatic heterocycles. The molecule has 148 valence electrons. The molecule has 0 aliphatic carbocycles. The Bertz CT molecular complexity index is 970. The van der Waals surface area contributed by atoms with E-state index in [4.69, 9.17) is 0 Å². The fourth-order valence-electron chi connectivity index (χ4n) is 3.76. The molecule has 1 aliphatic rings. The number of aromatic nitrogens is 2. The van der Waals surface area contributed by atoms with Crippen molar-refractivity contribution < 1.29 is 9.59 Å². The first-order chi connectivity index (χ1) is 14.2. The molecule has 1 atom stereocenters. The zero-order valence-corrected chi connectivity index (χ0v) is 16.2. The van der Waals surface area contributed by atoms with Gasteiger partial charge in [0.15, 0.2) is 0 Å². The summed E-state index contributed by atoms with van der Waals surface area (Å²) < 4.78 is 1.72. The molecule has 2 aromatic carbocycles. The maximum Gasteiger partial charge on any atom is 0.250 e. The Hall–Kier alpha value is -3.41. The van der Waals surface area contributed by atoms with Gasteiger partial charge in [-0.1, -0.05) is 48.5 Å². The number of carbonyl (C=O) groups is 2. The molecule has 6 heteroatoms. The predicted molar refractivity (Wildman–Crippen MR) is 112 cm³/mol. The third-order valence-electron chi connectivity index (χ3n) is 5.28. The molecular formula is C23H24N4O2. The molecule has 0 radical (unpaired) electrons. The molecule has 1 aromatic heterocycles. The SMILES string of the molecule is O=C(CC(C(=O)N1CCc2ccccc21)n1ccnc1)NCCc1ccccc1. The number of hydrogen-bond donors (Lipinski definition) is 1. The van der Waals surface area contributed by atoms with E-state index in [9.17, 15) is 9.59 Å². The second-order valence-corrected chi connectivity index (χ2v) is 7.18. The molecular weight excluding hydrogens is 364 g/mol. The van der Waals surface area contributed by atoms with Crippen LogP contribution in [0.15, 0.2) is 73.3 Å². The van der Waals surface area contributed by atoms with Crippen LogP contribution < -0.4 is 10.2 Å². The smallest absolute Gasteiger partial charge is 0.250 e. The third kappa shape index (κ3) is 4.37. The van der Waals surface area contributed by atoms with Crippen LogP contribution in [0, 0.1) is 0 Å². The lowest BCUT2D eigenvalue weighted by atomic mass is 10.1. The van der Waals surface area contributed by atoms with E-state index in [1.54, 1.807) is 28.2 Å². The van der Waals surface area contributed by atoms with Crippen LogP contribution in [0.1, 0.15) is 23.6 Å². The summed E-state index contributed by atoms with van der Waals surface area (Å²) in [5, 5.41) is 2.94. The first kappa shape index (κ1) is 18.9. The summed E-state index contributed by atoms with van der Waals surface area (Å²) in [7, 11) is 0. The number of nitrogens with zero attached hydrogens (tertiary/aromatic N) is 3. The van der Waals surface area contributed by atoms with Crippen molar-refractivity contribution in [2.45, 2.75) is 25.3 Å². The van der Waals surface area contributed by atoms with Gasteiger partial charge >= 0.3 is 0 Å². The average Bonchev–Trinajstić information content (AvgIpc) is 3.42. The van der Waals surface area contributed by atoms with Gasteiger partial charge in [0, 0.05) is 31.2 Å². The Balaban J connectivity index is 1.42. The summed E-state index contributed by atoms with van der Waals surface area (Å²) in [6, 6.07) is 17.3. The molecule has 0 bridgehead atoms. The van der Waals surface area contributed by atoms with Crippen LogP contribution in [-0.4, -0.2) is 34.5 Å². The maximum atomic E-state index is 13.3. The minimum absolute atomic E-state index is 0.0776. The highest BCUT2D eigenvalue weighted by molar-refractivity contribution is 6.00. The predicted octanol–water partition coefficient (Wildman–Crippen LogP) is 2.76. The molecule has 6 nitrogen and oxygen atoms in total. The Labute approximate surface area is 170 Å². The average molecular weight is 388 g/mol. The second-order valence-electron chi connectivity index (χ2n) is 7.18. The molecule has 1 unspecified atom stereocenters.